The van der Waals surface area contributed by atoms with E-state index in [-0.39, 0.29) is 0 Å². The lowest BCUT2D eigenvalue weighted by atomic mass is 9.79. The Morgan fingerprint density at radius 2 is 1.08 bits per heavy atom. The van der Waals surface area contributed by atoms with E-state index in [2.05, 4.69) is 13.8 Å². The summed E-state index contributed by atoms with van der Waals surface area (Å²) in [4.78, 5) is 0. The first kappa shape index (κ1) is 8.59. The van der Waals surface area contributed by atoms with Crippen molar-refractivity contribution in [3.8, 4) is 0 Å². The lowest BCUT2D eigenvalue weighted by Crippen LogP contribution is -2.19. The second-order valence-electron chi connectivity index (χ2n) is 5.14. The second kappa shape index (κ2) is 3.40. The van der Waals surface area contributed by atoms with E-state index < -0.39 is 0 Å². The van der Waals surface area contributed by atoms with Crippen LogP contribution in [0.25, 0.3) is 0 Å². The third-order valence-corrected chi connectivity index (χ3v) is 4.41. The highest BCUT2D eigenvalue weighted by atomic mass is 14.4. The van der Waals surface area contributed by atoms with Crippen LogP contribution in [0.2, 0.25) is 0 Å². The van der Waals surface area contributed by atoms with Gasteiger partial charge in [0.15, 0.2) is 0 Å². The van der Waals surface area contributed by atoms with Gasteiger partial charge >= 0.3 is 0 Å². The summed E-state index contributed by atoms with van der Waals surface area (Å²) in [6.45, 7) is 4.95. The topological polar surface area (TPSA) is 0 Å². The maximum absolute atomic E-state index is 2.47. The molecule has 2 aliphatic rings. The van der Waals surface area contributed by atoms with Crippen molar-refractivity contribution in [1.29, 1.82) is 0 Å². The van der Waals surface area contributed by atoms with Crippen molar-refractivity contribution in [2.24, 2.45) is 23.7 Å². The van der Waals surface area contributed by atoms with E-state index in [1.807, 2.05) is 0 Å². The summed E-state index contributed by atoms with van der Waals surface area (Å²) in [7, 11) is 0. The second-order valence-corrected chi connectivity index (χ2v) is 5.14. The molecular formula is C12H22. The first-order valence-electron chi connectivity index (χ1n) is 5.79. The van der Waals surface area contributed by atoms with E-state index in [0.717, 1.165) is 23.7 Å². The van der Waals surface area contributed by atoms with Crippen LogP contribution >= 0.6 is 0 Å². The van der Waals surface area contributed by atoms with Gasteiger partial charge < -0.3 is 0 Å². The Bertz CT molecular complexity index is 132. The van der Waals surface area contributed by atoms with Crippen LogP contribution < -0.4 is 0 Å². The summed E-state index contributed by atoms with van der Waals surface area (Å²) >= 11 is 0. The molecule has 2 rings (SSSR count). The molecule has 4 atom stereocenters. The fraction of sp³-hybridized carbons (Fsp3) is 1.00. The van der Waals surface area contributed by atoms with Gasteiger partial charge in [-0.05, 0) is 36.5 Å². The predicted octanol–water partition coefficient (Wildman–Crippen LogP) is 3.86. The first-order valence-corrected chi connectivity index (χ1v) is 5.79. The highest BCUT2D eigenvalue weighted by Crippen LogP contribution is 2.46. The predicted molar refractivity (Wildman–Crippen MR) is 53.0 cm³/mol. The van der Waals surface area contributed by atoms with Crippen molar-refractivity contribution in [1.82, 2.24) is 0 Å². The van der Waals surface area contributed by atoms with Crippen LogP contribution in [0.3, 0.4) is 0 Å². The molecule has 0 aromatic carbocycles. The van der Waals surface area contributed by atoms with E-state index in [9.17, 15) is 0 Å². The zero-order valence-electron chi connectivity index (χ0n) is 8.55. The van der Waals surface area contributed by atoms with Gasteiger partial charge in [0.25, 0.3) is 0 Å². The van der Waals surface area contributed by atoms with Crippen LogP contribution in [0.1, 0.15) is 52.4 Å². The van der Waals surface area contributed by atoms with Gasteiger partial charge in [-0.15, -0.1) is 0 Å². The van der Waals surface area contributed by atoms with Crippen LogP contribution in [-0.2, 0) is 0 Å². The highest BCUT2D eigenvalue weighted by Gasteiger charge is 2.35. The molecule has 1 unspecified atom stereocenters. The molecule has 0 heterocycles. The Kier molecular flexibility index (Phi) is 2.43. The molecular weight excluding hydrogens is 144 g/mol. The Labute approximate surface area is 76.7 Å². The van der Waals surface area contributed by atoms with Crippen molar-refractivity contribution in [3.63, 3.8) is 0 Å². The molecule has 70 valence electrons. The average molecular weight is 166 g/mol. The lowest BCUT2D eigenvalue weighted by Gasteiger charge is -2.26. The average Bonchev–Trinajstić information content (AvgIpc) is 2.59. The minimum absolute atomic E-state index is 1.04. The molecule has 0 bridgehead atoms. The maximum Gasteiger partial charge on any atom is -0.0358 e. The molecule has 0 heteroatoms. The quantitative estimate of drug-likeness (QED) is 0.555. The largest absolute Gasteiger partial charge is 0.0622 e. The van der Waals surface area contributed by atoms with Crippen molar-refractivity contribution in [2.75, 3.05) is 0 Å². The summed E-state index contributed by atoms with van der Waals surface area (Å²) in [6.07, 6.45) is 9.11. The monoisotopic (exact) mass is 166 g/mol. The van der Waals surface area contributed by atoms with E-state index in [0.29, 0.717) is 0 Å². The molecule has 0 nitrogen and oxygen atoms in total. The standard InChI is InChI=1S/C12H22/c1-9-5-3-7-11(9)12-8-4-6-10(12)2/h9-12H,3-8H2,1-2H3/t9-,10-,11-,12?/m0/s1. The molecule has 0 radical (unpaired) electrons. The molecule has 0 amide bonds. The number of rotatable bonds is 1. The van der Waals surface area contributed by atoms with Gasteiger partial charge in [0.2, 0.25) is 0 Å². The van der Waals surface area contributed by atoms with Gasteiger partial charge in [0, 0.05) is 0 Å². The van der Waals surface area contributed by atoms with Crippen LogP contribution in [0.4, 0.5) is 0 Å². The first-order chi connectivity index (χ1) is 5.79. The maximum atomic E-state index is 2.47. The number of hydrogen-bond donors (Lipinski definition) is 0. The molecule has 0 aromatic rings. The Morgan fingerprint density at radius 1 is 0.667 bits per heavy atom. The molecule has 12 heavy (non-hydrogen) atoms. The van der Waals surface area contributed by atoms with Crippen molar-refractivity contribution < 1.29 is 0 Å². The van der Waals surface area contributed by atoms with Gasteiger partial charge in [-0.2, -0.15) is 0 Å². The van der Waals surface area contributed by atoms with E-state index >= 15 is 0 Å². The molecule has 2 fully saturated rings. The smallest absolute Gasteiger partial charge is 0.0358 e. The third kappa shape index (κ3) is 1.41. The normalized spacial score (nSPS) is 48.5. The van der Waals surface area contributed by atoms with Gasteiger partial charge in [-0.3, -0.25) is 0 Å². The SMILES string of the molecule is C[C@H]1CCCC1[C@H]1CCC[C@@H]1C. The Morgan fingerprint density at radius 3 is 1.33 bits per heavy atom. The highest BCUT2D eigenvalue weighted by molar-refractivity contribution is 4.86. The minimum Gasteiger partial charge on any atom is -0.0622 e. The van der Waals surface area contributed by atoms with E-state index in [4.69, 9.17) is 0 Å². The van der Waals surface area contributed by atoms with Crippen LogP contribution in [-0.4, -0.2) is 0 Å². The van der Waals surface area contributed by atoms with Crippen molar-refractivity contribution in [2.45, 2.75) is 52.4 Å². The summed E-state index contributed by atoms with van der Waals surface area (Å²) in [5, 5.41) is 0. The fourth-order valence-electron chi connectivity index (χ4n) is 3.62. The molecule has 0 spiro atoms. The number of hydrogen-bond acceptors (Lipinski definition) is 0. The van der Waals surface area contributed by atoms with E-state index in [1.54, 1.807) is 0 Å². The zero-order chi connectivity index (χ0) is 8.55. The fourth-order valence-corrected chi connectivity index (χ4v) is 3.62. The summed E-state index contributed by atoms with van der Waals surface area (Å²) in [5.41, 5.74) is 0. The lowest BCUT2D eigenvalue weighted by molar-refractivity contribution is 0.230. The van der Waals surface area contributed by atoms with Gasteiger partial charge in [-0.1, -0.05) is 39.5 Å². The third-order valence-electron chi connectivity index (χ3n) is 4.41. The van der Waals surface area contributed by atoms with Crippen LogP contribution in [0, 0.1) is 23.7 Å². The van der Waals surface area contributed by atoms with Crippen molar-refractivity contribution in [3.05, 3.63) is 0 Å². The van der Waals surface area contributed by atoms with E-state index in [1.165, 1.54) is 38.5 Å². The van der Waals surface area contributed by atoms with Gasteiger partial charge in [0.05, 0.1) is 0 Å². The summed E-state index contributed by atoms with van der Waals surface area (Å²) < 4.78 is 0. The molecule has 0 saturated heterocycles. The molecule has 2 saturated carbocycles. The minimum atomic E-state index is 1.04. The van der Waals surface area contributed by atoms with Gasteiger partial charge in [-0.25, -0.2) is 0 Å². The molecule has 2 aliphatic carbocycles. The molecule has 0 aliphatic heterocycles. The van der Waals surface area contributed by atoms with Gasteiger partial charge in [0.1, 0.15) is 0 Å². The van der Waals surface area contributed by atoms with Crippen molar-refractivity contribution >= 4 is 0 Å². The summed E-state index contributed by atoms with van der Waals surface area (Å²) in [5.74, 6) is 4.27. The Hall–Kier alpha value is 0. The van der Waals surface area contributed by atoms with Crippen LogP contribution in [0.15, 0.2) is 0 Å². The Balaban J connectivity index is 1.98. The zero-order valence-corrected chi connectivity index (χ0v) is 8.55. The molecule has 0 aromatic heterocycles. The van der Waals surface area contributed by atoms with Crippen LogP contribution in [0.5, 0.6) is 0 Å². The molecule has 0 N–H and O–H groups in total. The summed E-state index contributed by atoms with van der Waals surface area (Å²) in [6, 6.07) is 0.